The molecule has 1 N–H and O–H groups in total. The van der Waals surface area contributed by atoms with Crippen molar-refractivity contribution >= 4 is 6.09 Å². The number of para-hydroxylation sites is 1. The summed E-state index contributed by atoms with van der Waals surface area (Å²) in [5.74, 6) is 0.165. The standard InChI is InChI=1S/C26H24FN5O4/c1-30-24(33)22(17-7-9-18(27)10-8-17)23(32(30)19-12-15-31(16-13-19)26(34)35)21-11-14-28-25(29-21)36-20-5-3-2-4-6-20/h2-11,14,19H,12-13,15-16H2,1H3,(H,34,35). The smallest absolute Gasteiger partial charge is 0.407 e. The maximum absolute atomic E-state index is 13.7. The summed E-state index contributed by atoms with van der Waals surface area (Å²) in [5.41, 5.74) is 1.68. The predicted molar refractivity (Wildman–Crippen MR) is 130 cm³/mol. The van der Waals surface area contributed by atoms with Crippen molar-refractivity contribution in [2.24, 2.45) is 7.05 Å². The minimum absolute atomic E-state index is 0.118. The third-order valence-electron chi connectivity index (χ3n) is 6.34. The maximum Gasteiger partial charge on any atom is 0.407 e. The van der Waals surface area contributed by atoms with Crippen molar-refractivity contribution in [2.45, 2.75) is 18.9 Å². The lowest BCUT2D eigenvalue weighted by atomic mass is 10.0. The van der Waals surface area contributed by atoms with Crippen molar-refractivity contribution in [3.8, 4) is 34.3 Å². The minimum atomic E-state index is -0.958. The number of hydrogen-bond donors (Lipinski definition) is 1. The molecule has 5 rings (SSSR count). The molecule has 0 saturated carbocycles. The highest BCUT2D eigenvalue weighted by atomic mass is 19.1. The molecule has 1 aliphatic rings. The van der Waals surface area contributed by atoms with Crippen LogP contribution in [0.3, 0.4) is 0 Å². The molecule has 36 heavy (non-hydrogen) atoms. The first-order valence-electron chi connectivity index (χ1n) is 11.5. The van der Waals surface area contributed by atoms with Gasteiger partial charge >= 0.3 is 12.1 Å². The summed E-state index contributed by atoms with van der Waals surface area (Å²) >= 11 is 0. The number of aromatic nitrogens is 4. The zero-order valence-electron chi connectivity index (χ0n) is 19.5. The second kappa shape index (κ2) is 9.65. The number of carbonyl (C=O) groups is 1. The summed E-state index contributed by atoms with van der Waals surface area (Å²) < 4.78 is 22.9. The van der Waals surface area contributed by atoms with Crippen LogP contribution < -0.4 is 10.3 Å². The van der Waals surface area contributed by atoms with Gasteiger partial charge in [0.25, 0.3) is 5.56 Å². The zero-order chi connectivity index (χ0) is 25.2. The van der Waals surface area contributed by atoms with E-state index in [1.54, 1.807) is 43.6 Å². The Labute approximate surface area is 206 Å². The number of halogens is 1. The number of likely N-dealkylation sites (tertiary alicyclic amines) is 1. The highest BCUT2D eigenvalue weighted by Crippen LogP contribution is 2.35. The fourth-order valence-corrected chi connectivity index (χ4v) is 4.59. The molecule has 1 fully saturated rings. The molecular formula is C26H24FN5O4. The molecule has 10 heteroatoms. The monoisotopic (exact) mass is 489 g/mol. The molecule has 1 aliphatic heterocycles. The Balaban J connectivity index is 1.64. The molecule has 1 amide bonds. The topological polar surface area (TPSA) is 102 Å². The summed E-state index contributed by atoms with van der Waals surface area (Å²) in [6.07, 6.45) is 1.66. The fourth-order valence-electron chi connectivity index (χ4n) is 4.59. The van der Waals surface area contributed by atoms with Crippen LogP contribution in [0, 0.1) is 5.82 Å². The van der Waals surface area contributed by atoms with Gasteiger partial charge in [0.2, 0.25) is 0 Å². The Morgan fingerprint density at radius 2 is 1.75 bits per heavy atom. The molecule has 9 nitrogen and oxygen atoms in total. The van der Waals surface area contributed by atoms with E-state index in [0.717, 1.165) is 0 Å². The molecule has 3 heterocycles. The second-order valence-corrected chi connectivity index (χ2v) is 8.54. The third-order valence-corrected chi connectivity index (χ3v) is 6.34. The van der Waals surface area contributed by atoms with E-state index >= 15 is 0 Å². The average Bonchev–Trinajstić information content (AvgIpc) is 3.16. The first kappa shape index (κ1) is 23.3. The van der Waals surface area contributed by atoms with E-state index in [9.17, 15) is 19.1 Å². The highest BCUT2D eigenvalue weighted by molar-refractivity contribution is 5.79. The normalized spacial score (nSPS) is 14.1. The lowest BCUT2D eigenvalue weighted by Crippen LogP contribution is -2.39. The molecule has 0 atom stereocenters. The van der Waals surface area contributed by atoms with Crippen molar-refractivity contribution in [1.29, 1.82) is 0 Å². The van der Waals surface area contributed by atoms with Crippen LogP contribution in [0.25, 0.3) is 22.5 Å². The van der Waals surface area contributed by atoms with E-state index < -0.39 is 11.9 Å². The van der Waals surface area contributed by atoms with Crippen LogP contribution in [0.15, 0.2) is 71.7 Å². The molecule has 2 aromatic heterocycles. The van der Waals surface area contributed by atoms with Crippen molar-refractivity contribution in [1.82, 2.24) is 24.2 Å². The Morgan fingerprint density at radius 1 is 1.06 bits per heavy atom. The molecule has 0 unspecified atom stereocenters. The molecule has 184 valence electrons. The van der Waals surface area contributed by atoms with Gasteiger partial charge in [-0.15, -0.1) is 0 Å². The van der Waals surface area contributed by atoms with E-state index in [1.165, 1.54) is 21.7 Å². The van der Waals surface area contributed by atoms with Gasteiger partial charge in [-0.2, -0.15) is 4.98 Å². The van der Waals surface area contributed by atoms with E-state index in [4.69, 9.17) is 4.74 Å². The van der Waals surface area contributed by atoms with Crippen molar-refractivity contribution < 1.29 is 19.0 Å². The molecule has 1 saturated heterocycles. The fraction of sp³-hybridized carbons (Fsp3) is 0.231. The lowest BCUT2D eigenvalue weighted by molar-refractivity contribution is 0.122. The number of rotatable bonds is 5. The molecule has 0 spiro atoms. The van der Waals surface area contributed by atoms with Crippen LogP contribution >= 0.6 is 0 Å². The second-order valence-electron chi connectivity index (χ2n) is 8.54. The molecule has 2 aromatic carbocycles. The molecule has 0 bridgehead atoms. The quantitative estimate of drug-likeness (QED) is 0.441. The number of benzene rings is 2. The van der Waals surface area contributed by atoms with Crippen LogP contribution in [0.5, 0.6) is 11.8 Å². The van der Waals surface area contributed by atoms with Gasteiger partial charge in [0.05, 0.1) is 23.0 Å². The van der Waals surface area contributed by atoms with Crippen LogP contribution in [0.2, 0.25) is 0 Å². The summed E-state index contributed by atoms with van der Waals surface area (Å²) in [6, 6.07) is 16.5. The van der Waals surface area contributed by atoms with Crippen molar-refractivity contribution in [3.63, 3.8) is 0 Å². The number of amides is 1. The van der Waals surface area contributed by atoms with Gasteiger partial charge < -0.3 is 14.7 Å². The molecular weight excluding hydrogens is 465 g/mol. The van der Waals surface area contributed by atoms with E-state index in [-0.39, 0.29) is 17.6 Å². The van der Waals surface area contributed by atoms with Crippen molar-refractivity contribution in [2.75, 3.05) is 13.1 Å². The van der Waals surface area contributed by atoms with Gasteiger partial charge in [-0.3, -0.25) is 14.2 Å². The minimum Gasteiger partial charge on any atom is -0.465 e. The number of nitrogens with zero attached hydrogens (tertiary/aromatic N) is 5. The Bertz CT molecular complexity index is 1440. The molecule has 4 aromatic rings. The predicted octanol–water partition coefficient (Wildman–Crippen LogP) is 4.56. The number of hydrogen-bond acceptors (Lipinski definition) is 5. The number of carboxylic acid groups (broad SMARTS) is 1. The SMILES string of the molecule is Cn1c(=O)c(-c2ccc(F)cc2)c(-c2ccnc(Oc3ccccc3)n2)n1C1CCN(C(=O)O)CC1. The zero-order valence-corrected chi connectivity index (χ0v) is 19.5. The summed E-state index contributed by atoms with van der Waals surface area (Å²) in [4.78, 5) is 35.1. The molecule has 0 radical (unpaired) electrons. The van der Waals surface area contributed by atoms with E-state index in [2.05, 4.69) is 9.97 Å². The Morgan fingerprint density at radius 3 is 2.42 bits per heavy atom. The van der Waals surface area contributed by atoms with Crippen LogP contribution in [0.4, 0.5) is 9.18 Å². The van der Waals surface area contributed by atoms with Gasteiger partial charge in [0.15, 0.2) is 0 Å². The largest absolute Gasteiger partial charge is 0.465 e. The maximum atomic E-state index is 13.7. The first-order chi connectivity index (χ1) is 17.4. The highest BCUT2D eigenvalue weighted by Gasteiger charge is 2.30. The van der Waals surface area contributed by atoms with Gasteiger partial charge in [0, 0.05) is 26.3 Å². The van der Waals surface area contributed by atoms with Gasteiger partial charge in [-0.25, -0.2) is 14.2 Å². The average molecular weight is 490 g/mol. The summed E-state index contributed by atoms with van der Waals surface area (Å²) in [6.45, 7) is 0.702. The van der Waals surface area contributed by atoms with E-state index in [1.807, 2.05) is 22.9 Å². The van der Waals surface area contributed by atoms with Gasteiger partial charge in [-0.05, 0) is 48.7 Å². The summed E-state index contributed by atoms with van der Waals surface area (Å²) in [5, 5.41) is 9.36. The number of ether oxygens (including phenoxy) is 1. The van der Waals surface area contributed by atoms with Crippen LogP contribution in [0.1, 0.15) is 18.9 Å². The van der Waals surface area contributed by atoms with Gasteiger partial charge in [-0.1, -0.05) is 30.3 Å². The van der Waals surface area contributed by atoms with Crippen LogP contribution in [-0.4, -0.2) is 48.5 Å². The van der Waals surface area contributed by atoms with Gasteiger partial charge in [0.1, 0.15) is 11.6 Å². The van der Waals surface area contributed by atoms with Crippen LogP contribution in [-0.2, 0) is 7.05 Å². The lowest BCUT2D eigenvalue weighted by Gasteiger charge is -2.32. The first-order valence-corrected chi connectivity index (χ1v) is 11.5. The van der Waals surface area contributed by atoms with E-state index in [0.29, 0.717) is 54.2 Å². The number of piperidine rings is 1. The summed E-state index contributed by atoms with van der Waals surface area (Å²) in [7, 11) is 1.67. The Kier molecular flexibility index (Phi) is 6.24. The van der Waals surface area contributed by atoms with Crippen molar-refractivity contribution in [3.05, 3.63) is 83.0 Å². The third kappa shape index (κ3) is 4.45. The molecule has 0 aliphatic carbocycles. The Hall–Kier alpha value is -4.47.